The van der Waals surface area contributed by atoms with Crippen LogP contribution in [0.4, 0.5) is 0 Å². The van der Waals surface area contributed by atoms with Gasteiger partial charge >= 0.3 is 5.69 Å². The Morgan fingerprint density at radius 3 is 2.90 bits per heavy atom. The van der Waals surface area contributed by atoms with Crippen LogP contribution in [0.3, 0.4) is 0 Å². The molecule has 0 atom stereocenters. The number of aryl methyl sites for hydroxylation is 2. The Labute approximate surface area is 123 Å². The first kappa shape index (κ1) is 13.2. The molecule has 0 N–H and O–H groups in total. The van der Waals surface area contributed by atoms with Gasteiger partial charge in [0.15, 0.2) is 5.82 Å². The maximum atomic E-state index is 11.6. The minimum Gasteiger partial charge on any atom is -0.292 e. The molecular formula is C13H11ClN4OS. The lowest BCUT2D eigenvalue weighted by Crippen LogP contribution is -2.22. The van der Waals surface area contributed by atoms with E-state index in [1.807, 2.05) is 13.8 Å². The van der Waals surface area contributed by atoms with Crippen LogP contribution in [0.1, 0.15) is 16.3 Å². The number of nitrogens with zero attached hydrogens (tertiary/aromatic N) is 4. The zero-order valence-corrected chi connectivity index (χ0v) is 12.5. The number of rotatable bonds is 2. The van der Waals surface area contributed by atoms with Gasteiger partial charge in [0.25, 0.3) is 0 Å². The van der Waals surface area contributed by atoms with E-state index in [0.717, 1.165) is 15.8 Å². The monoisotopic (exact) mass is 306 g/mol. The quantitative estimate of drug-likeness (QED) is 0.683. The number of fused-ring (bicyclic) bond motifs is 1. The van der Waals surface area contributed by atoms with Crippen molar-refractivity contribution in [2.75, 3.05) is 0 Å². The molecule has 0 aliphatic heterocycles. The summed E-state index contributed by atoms with van der Waals surface area (Å²) in [5.74, 6) is 0.513. The molecule has 3 heterocycles. The summed E-state index contributed by atoms with van der Waals surface area (Å²) in [6, 6.07) is 1.70. The van der Waals surface area contributed by atoms with Crippen LogP contribution in [0.25, 0.3) is 10.2 Å². The number of hydrogen-bond donors (Lipinski definition) is 0. The first-order valence-corrected chi connectivity index (χ1v) is 7.19. The topological polar surface area (TPSA) is 60.7 Å². The van der Waals surface area contributed by atoms with Crippen molar-refractivity contribution in [1.82, 2.24) is 19.5 Å². The minimum atomic E-state index is -0.328. The first-order chi connectivity index (χ1) is 9.56. The van der Waals surface area contributed by atoms with E-state index in [4.69, 9.17) is 11.6 Å². The fourth-order valence-corrected chi connectivity index (χ4v) is 3.41. The lowest BCUT2D eigenvalue weighted by atomic mass is 10.2. The summed E-state index contributed by atoms with van der Waals surface area (Å²) < 4.78 is 1.45. The van der Waals surface area contributed by atoms with Crippen molar-refractivity contribution >= 4 is 33.2 Å². The van der Waals surface area contributed by atoms with E-state index in [1.54, 1.807) is 23.6 Å². The van der Waals surface area contributed by atoms with Gasteiger partial charge in [-0.15, -0.1) is 11.3 Å². The van der Waals surface area contributed by atoms with Crippen LogP contribution in [0.2, 0.25) is 5.15 Å². The largest absolute Gasteiger partial charge is 0.347 e. The van der Waals surface area contributed by atoms with Gasteiger partial charge < -0.3 is 0 Å². The third-order valence-corrected chi connectivity index (χ3v) is 4.50. The molecule has 0 fully saturated rings. The number of aromatic nitrogens is 4. The van der Waals surface area contributed by atoms with Crippen LogP contribution in [-0.4, -0.2) is 19.5 Å². The number of thiophene rings is 1. The van der Waals surface area contributed by atoms with E-state index in [9.17, 15) is 4.79 Å². The van der Waals surface area contributed by atoms with Crippen molar-refractivity contribution in [2.24, 2.45) is 0 Å². The molecule has 7 heteroatoms. The molecule has 0 amide bonds. The van der Waals surface area contributed by atoms with Gasteiger partial charge in [0, 0.05) is 17.3 Å². The van der Waals surface area contributed by atoms with Crippen LogP contribution >= 0.6 is 22.9 Å². The summed E-state index contributed by atoms with van der Waals surface area (Å²) in [6.45, 7) is 4.30. The van der Waals surface area contributed by atoms with E-state index in [2.05, 4.69) is 15.0 Å². The maximum absolute atomic E-state index is 11.6. The molecule has 0 saturated carbocycles. The normalized spacial score (nSPS) is 11.2. The van der Waals surface area contributed by atoms with E-state index in [-0.39, 0.29) is 12.2 Å². The third-order valence-electron chi connectivity index (χ3n) is 3.13. The van der Waals surface area contributed by atoms with Crippen LogP contribution in [-0.2, 0) is 6.54 Å². The molecule has 0 saturated heterocycles. The van der Waals surface area contributed by atoms with E-state index in [0.29, 0.717) is 11.0 Å². The predicted octanol–water partition coefficient (Wildman–Crippen LogP) is 2.57. The molecule has 3 aromatic heterocycles. The third kappa shape index (κ3) is 2.21. The summed E-state index contributed by atoms with van der Waals surface area (Å²) >= 11 is 7.82. The van der Waals surface area contributed by atoms with Crippen molar-refractivity contribution in [3.05, 3.63) is 50.4 Å². The second-order valence-electron chi connectivity index (χ2n) is 4.42. The van der Waals surface area contributed by atoms with Gasteiger partial charge in [0.1, 0.15) is 9.98 Å². The molecule has 0 radical (unpaired) electrons. The highest BCUT2D eigenvalue weighted by Crippen LogP contribution is 2.32. The summed E-state index contributed by atoms with van der Waals surface area (Å²) in [7, 11) is 0. The SMILES string of the molecule is Cc1sc2nc(Cn3cccnc3=O)nc(Cl)c2c1C. The van der Waals surface area contributed by atoms with E-state index < -0.39 is 0 Å². The van der Waals surface area contributed by atoms with Gasteiger partial charge in [0.2, 0.25) is 0 Å². The van der Waals surface area contributed by atoms with Crippen molar-refractivity contribution in [3.63, 3.8) is 0 Å². The number of halogens is 1. The molecule has 0 bridgehead atoms. The second-order valence-corrected chi connectivity index (χ2v) is 5.99. The predicted molar refractivity (Wildman–Crippen MR) is 79.5 cm³/mol. The molecule has 0 spiro atoms. The summed E-state index contributed by atoms with van der Waals surface area (Å²) in [5, 5.41) is 1.33. The fraction of sp³-hybridized carbons (Fsp3) is 0.231. The van der Waals surface area contributed by atoms with Gasteiger partial charge in [0.05, 0.1) is 11.9 Å². The molecule has 3 rings (SSSR count). The van der Waals surface area contributed by atoms with Crippen LogP contribution < -0.4 is 5.69 Å². The Bertz CT molecular complexity index is 855. The smallest absolute Gasteiger partial charge is 0.292 e. The zero-order chi connectivity index (χ0) is 14.3. The van der Waals surface area contributed by atoms with Crippen molar-refractivity contribution < 1.29 is 0 Å². The summed E-state index contributed by atoms with van der Waals surface area (Å²) in [5.41, 5.74) is 0.783. The van der Waals surface area contributed by atoms with Crippen LogP contribution in [0.5, 0.6) is 0 Å². The highest BCUT2D eigenvalue weighted by molar-refractivity contribution is 7.18. The molecule has 5 nitrogen and oxygen atoms in total. The summed E-state index contributed by atoms with van der Waals surface area (Å²) in [4.78, 5) is 26.1. The van der Waals surface area contributed by atoms with Crippen LogP contribution in [0.15, 0.2) is 23.3 Å². The molecule has 0 unspecified atom stereocenters. The Kier molecular flexibility index (Phi) is 3.27. The van der Waals surface area contributed by atoms with E-state index in [1.165, 1.54) is 15.6 Å². The van der Waals surface area contributed by atoms with Gasteiger partial charge in [-0.3, -0.25) is 4.57 Å². The Morgan fingerprint density at radius 1 is 1.35 bits per heavy atom. The standard InChI is InChI=1S/C13H11ClN4OS/c1-7-8(2)20-12-10(7)11(14)16-9(17-12)6-18-5-3-4-15-13(18)19/h3-5H,6H2,1-2H3. The van der Waals surface area contributed by atoms with E-state index >= 15 is 0 Å². The molecule has 102 valence electrons. The average molecular weight is 307 g/mol. The second kappa shape index (κ2) is 4.96. The van der Waals surface area contributed by atoms with Crippen molar-refractivity contribution in [3.8, 4) is 0 Å². The Morgan fingerprint density at radius 2 is 2.15 bits per heavy atom. The van der Waals surface area contributed by atoms with Crippen molar-refractivity contribution in [2.45, 2.75) is 20.4 Å². The van der Waals surface area contributed by atoms with Crippen LogP contribution in [0, 0.1) is 13.8 Å². The number of hydrogen-bond acceptors (Lipinski definition) is 5. The highest BCUT2D eigenvalue weighted by atomic mass is 35.5. The summed E-state index contributed by atoms with van der Waals surface area (Å²) in [6.07, 6.45) is 3.11. The van der Waals surface area contributed by atoms with Gasteiger partial charge in [-0.1, -0.05) is 11.6 Å². The highest BCUT2D eigenvalue weighted by Gasteiger charge is 2.13. The first-order valence-electron chi connectivity index (χ1n) is 6.00. The molecule has 0 aromatic carbocycles. The fourth-order valence-electron chi connectivity index (χ4n) is 1.97. The van der Waals surface area contributed by atoms with Gasteiger partial charge in [-0.05, 0) is 25.5 Å². The Hall–Kier alpha value is -1.79. The molecule has 3 aromatic rings. The van der Waals surface area contributed by atoms with Gasteiger partial charge in [-0.25, -0.2) is 19.7 Å². The Balaban J connectivity index is 2.10. The maximum Gasteiger partial charge on any atom is 0.347 e. The zero-order valence-electron chi connectivity index (χ0n) is 10.9. The molecule has 0 aliphatic carbocycles. The minimum absolute atomic E-state index is 0.262. The van der Waals surface area contributed by atoms with Gasteiger partial charge in [-0.2, -0.15) is 0 Å². The molecular weight excluding hydrogens is 296 g/mol. The molecule has 20 heavy (non-hydrogen) atoms. The lowest BCUT2D eigenvalue weighted by molar-refractivity contribution is 0.694. The molecule has 0 aliphatic rings. The average Bonchev–Trinajstić information content (AvgIpc) is 2.68. The lowest BCUT2D eigenvalue weighted by Gasteiger charge is -2.04. The van der Waals surface area contributed by atoms with Crippen molar-refractivity contribution in [1.29, 1.82) is 0 Å².